The standard InChI is InChI=1S/C31H29ClN4O2/c32-26-6-8-29-23(18-26)2-1-3-28(35-29)25-4-7-27(33-19-25)24-5-9-30(34-20-24)36-13-10-21(11-14-36)16-22-12-15-38-31(37)17-22/h1,3-9,17-21H,2,10-16H2. The first kappa shape index (κ1) is 24.6. The van der Waals surface area contributed by atoms with Crippen LogP contribution in [0.25, 0.3) is 11.3 Å². The number of hydrogen-bond donors (Lipinski definition) is 0. The van der Waals surface area contributed by atoms with E-state index in [1.807, 2.05) is 42.7 Å². The van der Waals surface area contributed by atoms with Crippen molar-refractivity contribution in [1.29, 1.82) is 0 Å². The van der Waals surface area contributed by atoms with Gasteiger partial charge in [0.05, 0.1) is 23.7 Å². The van der Waals surface area contributed by atoms with Gasteiger partial charge in [-0.15, -0.1) is 0 Å². The van der Waals surface area contributed by atoms with Gasteiger partial charge in [0.15, 0.2) is 0 Å². The number of fused-ring (bicyclic) bond motifs is 1. The third kappa shape index (κ3) is 5.55. The maximum atomic E-state index is 11.5. The van der Waals surface area contributed by atoms with Gasteiger partial charge < -0.3 is 9.64 Å². The molecular weight excluding hydrogens is 496 g/mol. The van der Waals surface area contributed by atoms with Crippen LogP contribution in [-0.2, 0) is 16.0 Å². The van der Waals surface area contributed by atoms with Crippen molar-refractivity contribution in [2.75, 3.05) is 24.6 Å². The van der Waals surface area contributed by atoms with Crippen LogP contribution < -0.4 is 4.90 Å². The molecule has 0 radical (unpaired) electrons. The molecule has 0 unspecified atom stereocenters. The highest BCUT2D eigenvalue weighted by molar-refractivity contribution is 6.30. The van der Waals surface area contributed by atoms with Crippen LogP contribution in [-0.4, -0.2) is 41.3 Å². The van der Waals surface area contributed by atoms with Crippen LogP contribution in [0.3, 0.4) is 0 Å². The second-order valence-corrected chi connectivity index (χ2v) is 10.5. The molecule has 5 heterocycles. The number of pyridine rings is 2. The first-order valence-electron chi connectivity index (χ1n) is 13.2. The number of cyclic esters (lactones) is 1. The molecule has 2 aromatic heterocycles. The molecule has 0 aliphatic carbocycles. The van der Waals surface area contributed by atoms with Gasteiger partial charge in [0.25, 0.3) is 0 Å². The molecule has 0 spiro atoms. The summed E-state index contributed by atoms with van der Waals surface area (Å²) in [6, 6.07) is 14.1. The summed E-state index contributed by atoms with van der Waals surface area (Å²) in [5, 5.41) is 0.730. The monoisotopic (exact) mass is 524 g/mol. The topological polar surface area (TPSA) is 67.7 Å². The highest BCUT2D eigenvalue weighted by Gasteiger charge is 2.22. The molecular formula is C31H29ClN4O2. The van der Waals surface area contributed by atoms with E-state index in [2.05, 4.69) is 29.2 Å². The summed E-state index contributed by atoms with van der Waals surface area (Å²) in [4.78, 5) is 28.2. The minimum absolute atomic E-state index is 0.191. The molecule has 1 aromatic carbocycles. The number of halogens is 1. The van der Waals surface area contributed by atoms with Crippen molar-refractivity contribution in [3.63, 3.8) is 0 Å². The van der Waals surface area contributed by atoms with Crippen LogP contribution in [0.2, 0.25) is 5.02 Å². The van der Waals surface area contributed by atoms with Gasteiger partial charge in [0.2, 0.25) is 0 Å². The number of ether oxygens (including phenoxy) is 1. The Bertz CT molecular complexity index is 1420. The first-order valence-corrected chi connectivity index (χ1v) is 13.6. The van der Waals surface area contributed by atoms with Gasteiger partial charge in [0.1, 0.15) is 5.82 Å². The lowest BCUT2D eigenvalue weighted by molar-refractivity contribution is -0.138. The Hall–Kier alpha value is -3.77. The Labute approximate surface area is 227 Å². The van der Waals surface area contributed by atoms with Crippen LogP contribution >= 0.6 is 11.6 Å². The zero-order valence-electron chi connectivity index (χ0n) is 21.1. The van der Waals surface area contributed by atoms with E-state index in [0.717, 1.165) is 89.8 Å². The van der Waals surface area contributed by atoms with E-state index in [0.29, 0.717) is 12.5 Å². The van der Waals surface area contributed by atoms with E-state index >= 15 is 0 Å². The fourth-order valence-electron chi connectivity index (χ4n) is 5.35. The summed E-state index contributed by atoms with van der Waals surface area (Å²) in [5.74, 6) is 1.43. The van der Waals surface area contributed by atoms with Crippen molar-refractivity contribution in [1.82, 2.24) is 9.97 Å². The molecule has 0 N–H and O–H groups in total. The summed E-state index contributed by atoms with van der Waals surface area (Å²) in [5.41, 5.74) is 7.04. The number of rotatable bonds is 5. The molecule has 3 aliphatic rings. The van der Waals surface area contributed by atoms with Crippen LogP contribution in [0.15, 0.2) is 83.7 Å². The van der Waals surface area contributed by atoms with Crippen molar-refractivity contribution in [2.24, 2.45) is 10.9 Å². The molecule has 0 bridgehead atoms. The Morgan fingerprint density at radius 2 is 1.84 bits per heavy atom. The quantitative estimate of drug-likeness (QED) is 0.356. The zero-order valence-corrected chi connectivity index (χ0v) is 21.9. The van der Waals surface area contributed by atoms with Gasteiger partial charge >= 0.3 is 5.97 Å². The normalized spacial score (nSPS) is 17.8. The number of nitrogens with zero attached hydrogens (tertiary/aromatic N) is 4. The number of carbonyl (C=O) groups excluding carboxylic acids is 1. The van der Waals surface area contributed by atoms with Gasteiger partial charge in [-0.2, -0.15) is 0 Å². The molecule has 3 aliphatic heterocycles. The lowest BCUT2D eigenvalue weighted by Gasteiger charge is -2.33. The zero-order chi connectivity index (χ0) is 25.9. The number of aliphatic imine (C=N–C) groups is 1. The SMILES string of the molecule is O=C1C=C(CC2CCN(c3ccc(-c4ccc(C5=Nc6ccc(Cl)cc6CC=C5)cn4)cn3)CC2)CCO1. The average Bonchev–Trinajstić information content (AvgIpc) is 3.16. The van der Waals surface area contributed by atoms with Gasteiger partial charge in [-0.3, -0.25) is 4.98 Å². The highest BCUT2D eigenvalue weighted by Crippen LogP contribution is 2.30. The summed E-state index contributed by atoms with van der Waals surface area (Å²) in [6.45, 7) is 2.48. The van der Waals surface area contributed by atoms with E-state index in [9.17, 15) is 4.79 Å². The van der Waals surface area contributed by atoms with E-state index < -0.39 is 0 Å². The van der Waals surface area contributed by atoms with Crippen LogP contribution in [0.5, 0.6) is 0 Å². The van der Waals surface area contributed by atoms with E-state index in [1.54, 1.807) is 6.08 Å². The predicted octanol–water partition coefficient (Wildman–Crippen LogP) is 6.51. The predicted molar refractivity (Wildman–Crippen MR) is 151 cm³/mol. The molecule has 0 amide bonds. The Kier molecular flexibility index (Phi) is 7.06. The summed E-state index contributed by atoms with van der Waals surface area (Å²) in [6.07, 6.45) is 14.5. The molecule has 6 rings (SSSR count). The lowest BCUT2D eigenvalue weighted by Crippen LogP contribution is -2.34. The van der Waals surface area contributed by atoms with Gasteiger partial charge in [-0.05, 0) is 85.7 Å². The molecule has 1 saturated heterocycles. The maximum Gasteiger partial charge on any atom is 0.330 e. The van der Waals surface area contributed by atoms with Gasteiger partial charge in [-0.1, -0.05) is 23.3 Å². The van der Waals surface area contributed by atoms with Crippen LogP contribution in [0.1, 0.15) is 36.8 Å². The lowest BCUT2D eigenvalue weighted by atomic mass is 9.88. The van der Waals surface area contributed by atoms with E-state index in [-0.39, 0.29) is 5.97 Å². The fourth-order valence-corrected chi connectivity index (χ4v) is 5.55. The van der Waals surface area contributed by atoms with Crippen molar-refractivity contribution in [3.8, 4) is 11.3 Å². The molecule has 0 saturated carbocycles. The number of allylic oxidation sites excluding steroid dienone is 2. The molecule has 0 atom stereocenters. The second kappa shape index (κ2) is 10.9. The number of carbonyl (C=O) groups is 1. The van der Waals surface area contributed by atoms with Gasteiger partial charge in [-0.25, -0.2) is 14.8 Å². The molecule has 192 valence electrons. The van der Waals surface area contributed by atoms with E-state index in [1.165, 1.54) is 5.57 Å². The van der Waals surface area contributed by atoms with Crippen LogP contribution in [0.4, 0.5) is 11.5 Å². The van der Waals surface area contributed by atoms with Crippen molar-refractivity contribution >= 4 is 34.8 Å². The number of esters is 1. The van der Waals surface area contributed by atoms with E-state index in [4.69, 9.17) is 31.3 Å². The first-order chi connectivity index (χ1) is 18.6. The second-order valence-electron chi connectivity index (χ2n) is 10.1. The number of hydrogen-bond acceptors (Lipinski definition) is 6. The maximum absolute atomic E-state index is 11.5. The average molecular weight is 525 g/mol. The Morgan fingerprint density at radius 3 is 2.61 bits per heavy atom. The molecule has 7 heteroatoms. The fraction of sp³-hybridized carbons (Fsp3) is 0.290. The van der Waals surface area contributed by atoms with Gasteiger partial charge in [0, 0.05) is 54.1 Å². The van der Waals surface area contributed by atoms with Crippen molar-refractivity contribution < 1.29 is 9.53 Å². The number of piperidine rings is 1. The summed E-state index contributed by atoms with van der Waals surface area (Å²) in [7, 11) is 0. The summed E-state index contributed by atoms with van der Waals surface area (Å²) >= 11 is 6.15. The minimum Gasteiger partial charge on any atom is -0.462 e. The third-order valence-corrected chi connectivity index (χ3v) is 7.71. The molecule has 6 nitrogen and oxygen atoms in total. The van der Waals surface area contributed by atoms with Crippen molar-refractivity contribution in [2.45, 2.75) is 32.1 Å². The number of benzene rings is 1. The summed E-state index contributed by atoms with van der Waals surface area (Å²) < 4.78 is 5.02. The van der Waals surface area contributed by atoms with Crippen molar-refractivity contribution in [3.05, 3.63) is 94.8 Å². The Balaban J connectivity index is 1.09. The smallest absolute Gasteiger partial charge is 0.330 e. The molecule has 1 fully saturated rings. The third-order valence-electron chi connectivity index (χ3n) is 7.48. The number of anilines is 1. The Morgan fingerprint density at radius 1 is 1.00 bits per heavy atom. The largest absolute Gasteiger partial charge is 0.462 e. The highest BCUT2D eigenvalue weighted by atomic mass is 35.5. The number of aromatic nitrogens is 2. The minimum atomic E-state index is -0.191. The van der Waals surface area contributed by atoms with Crippen LogP contribution in [0, 0.1) is 5.92 Å². The molecule has 3 aromatic rings. The molecule has 38 heavy (non-hydrogen) atoms.